The van der Waals surface area contributed by atoms with Crippen LogP contribution in [0.1, 0.15) is 94.6 Å². The Kier molecular flexibility index (Phi) is 12.8. The van der Waals surface area contributed by atoms with Gasteiger partial charge < -0.3 is 19.1 Å². The van der Waals surface area contributed by atoms with Crippen molar-refractivity contribution in [2.24, 2.45) is 17.8 Å². The Morgan fingerprint density at radius 1 is 1.07 bits per heavy atom. The quantitative estimate of drug-likeness (QED) is 0.294. The lowest BCUT2D eigenvalue weighted by Gasteiger charge is -2.53. The Balaban J connectivity index is 1.31. The molecule has 3 heterocycles. The molecule has 0 unspecified atom stereocenters. The maximum atomic E-state index is 14.1. The number of nitrogens with zero attached hydrogens (tertiary/aromatic N) is 3. The zero-order valence-electron chi connectivity index (χ0n) is 35.0. The van der Waals surface area contributed by atoms with Crippen LogP contribution in [0.2, 0.25) is 5.02 Å². The molecule has 1 amide bonds. The van der Waals surface area contributed by atoms with Crippen LogP contribution in [0.15, 0.2) is 48.6 Å². The fraction of sp³-hybridized carbons (Fsp3) is 0.667. The van der Waals surface area contributed by atoms with Gasteiger partial charge in [0.15, 0.2) is 0 Å². The third-order valence-electron chi connectivity index (χ3n) is 13.8. The average molecular weight is 826 g/mol. The molecule has 6 atom stereocenters. The van der Waals surface area contributed by atoms with Crippen molar-refractivity contribution in [2.45, 2.75) is 101 Å². The largest absolute Gasteiger partial charge is 0.490 e. The van der Waals surface area contributed by atoms with E-state index in [1.807, 2.05) is 25.1 Å². The molecule has 1 N–H and O–H groups in total. The van der Waals surface area contributed by atoms with E-state index in [-0.39, 0.29) is 35.8 Å². The highest BCUT2D eigenvalue weighted by Crippen LogP contribution is 2.49. The molecule has 0 aromatic heterocycles. The van der Waals surface area contributed by atoms with Gasteiger partial charge in [-0.1, -0.05) is 36.7 Å². The van der Waals surface area contributed by atoms with Crippen LogP contribution in [0.3, 0.4) is 0 Å². The number of piperazine rings is 1. The number of carbonyl (C=O) groups excluding carboxylic acids is 1. The lowest BCUT2D eigenvalue weighted by molar-refractivity contribution is -0.114. The molecule has 1 saturated heterocycles. The summed E-state index contributed by atoms with van der Waals surface area (Å²) in [5, 5.41) is -0.0849. The van der Waals surface area contributed by atoms with E-state index in [4.69, 9.17) is 25.8 Å². The van der Waals surface area contributed by atoms with E-state index in [0.29, 0.717) is 43.4 Å². The minimum atomic E-state index is -4.07. The number of ether oxygens (including phenoxy) is 3. The summed E-state index contributed by atoms with van der Waals surface area (Å²) >= 11 is 6.54. The van der Waals surface area contributed by atoms with Crippen LogP contribution in [0.25, 0.3) is 0 Å². The van der Waals surface area contributed by atoms with Crippen LogP contribution < -0.4 is 14.4 Å². The summed E-state index contributed by atoms with van der Waals surface area (Å²) in [6.07, 6.45) is 10.4. The van der Waals surface area contributed by atoms with E-state index in [1.54, 1.807) is 13.2 Å². The first kappa shape index (κ1) is 42.5. The molecule has 314 valence electrons. The Morgan fingerprint density at radius 3 is 2.56 bits per heavy atom. The highest BCUT2D eigenvalue weighted by atomic mass is 35.5. The monoisotopic (exact) mass is 824 g/mol. The standard InChI is InChI=1S/C45H65ClN4O6S/c1-7-56-45(30-48-21-23-50(24-22-48)43(3,4)5)20-8-10-32(2)41(18-25-54-6)57(52,53)47-42(51)34-13-17-40-39(27-34)49(28-35-12-15-38(35)45)29-44(31-55-40)19-9-11-33-26-36(46)14-16-37(33)44/h8,13-14,16-17,20,26-27,32,35,38,41H,7,9-12,15,18-19,21-25,28-31H2,1-6H3,(H,47,51)/b20-8-/t32-,35-,38+,41+,44-,45-/m0/s1. The molecule has 2 aromatic rings. The normalized spacial score (nSPS) is 31.6. The molecule has 2 fully saturated rings. The number of methoxy groups -OCH3 is 1. The van der Waals surface area contributed by atoms with Crippen LogP contribution >= 0.6 is 11.6 Å². The Bertz CT molecular complexity index is 1890. The summed E-state index contributed by atoms with van der Waals surface area (Å²) < 4.78 is 49.9. The lowest BCUT2D eigenvalue weighted by atomic mass is 9.63. The molecule has 1 saturated carbocycles. The minimum absolute atomic E-state index is 0.120. The number of allylic oxidation sites excluding steroid dienone is 1. The van der Waals surface area contributed by atoms with Crippen molar-refractivity contribution in [3.8, 4) is 5.75 Å². The van der Waals surface area contributed by atoms with Gasteiger partial charge in [0.05, 0.1) is 17.5 Å². The average Bonchev–Trinajstić information content (AvgIpc) is 3.29. The molecule has 1 spiro atoms. The van der Waals surface area contributed by atoms with Crippen molar-refractivity contribution in [1.82, 2.24) is 14.5 Å². The van der Waals surface area contributed by atoms with E-state index in [0.717, 1.165) is 82.1 Å². The van der Waals surface area contributed by atoms with E-state index in [2.05, 4.69) is 71.4 Å². The first-order chi connectivity index (χ1) is 27.2. The smallest absolute Gasteiger partial charge is 0.264 e. The summed E-state index contributed by atoms with van der Waals surface area (Å²) in [5.74, 6) is 0.379. The van der Waals surface area contributed by atoms with E-state index in [9.17, 15) is 13.2 Å². The second-order valence-corrected chi connectivity index (χ2v) is 20.8. The van der Waals surface area contributed by atoms with Crippen LogP contribution in [0.5, 0.6) is 5.75 Å². The summed E-state index contributed by atoms with van der Waals surface area (Å²) in [6.45, 7) is 18.5. The van der Waals surface area contributed by atoms with Gasteiger partial charge in [0.1, 0.15) is 11.4 Å². The fourth-order valence-corrected chi connectivity index (χ4v) is 12.4. The lowest BCUT2D eigenvalue weighted by Crippen LogP contribution is -2.60. The van der Waals surface area contributed by atoms with Gasteiger partial charge in [0, 0.05) is 87.7 Å². The number of hydrogen-bond acceptors (Lipinski definition) is 9. The van der Waals surface area contributed by atoms with Gasteiger partial charge in [-0.3, -0.25) is 14.6 Å². The van der Waals surface area contributed by atoms with Gasteiger partial charge in [-0.05, 0) is 132 Å². The Labute approximate surface area is 346 Å². The zero-order valence-corrected chi connectivity index (χ0v) is 36.6. The first-order valence-corrected chi connectivity index (χ1v) is 23.2. The predicted molar refractivity (Wildman–Crippen MR) is 228 cm³/mol. The number of amides is 1. The van der Waals surface area contributed by atoms with Crippen LogP contribution in [0.4, 0.5) is 5.69 Å². The number of halogens is 1. The third-order valence-corrected chi connectivity index (χ3v) is 16.0. The second-order valence-electron chi connectivity index (χ2n) is 18.5. The number of carbonyl (C=O) groups is 1. The molecular formula is C45H65ClN4O6S. The number of benzene rings is 2. The number of rotatable bonds is 7. The summed E-state index contributed by atoms with van der Waals surface area (Å²) in [4.78, 5) is 21.5. The topological polar surface area (TPSA) is 101 Å². The molecular weight excluding hydrogens is 760 g/mol. The zero-order chi connectivity index (χ0) is 40.6. The highest BCUT2D eigenvalue weighted by molar-refractivity contribution is 7.90. The molecule has 12 heteroatoms. The van der Waals surface area contributed by atoms with Crippen molar-refractivity contribution in [2.75, 3.05) is 77.6 Å². The van der Waals surface area contributed by atoms with Crippen molar-refractivity contribution in [3.05, 3.63) is 70.3 Å². The van der Waals surface area contributed by atoms with Gasteiger partial charge in [-0.25, -0.2) is 13.1 Å². The maximum absolute atomic E-state index is 14.1. The number of hydrogen-bond donors (Lipinski definition) is 1. The number of aryl methyl sites for hydroxylation is 1. The molecule has 2 aromatic carbocycles. The number of nitrogens with one attached hydrogen (secondary N) is 1. The van der Waals surface area contributed by atoms with Crippen molar-refractivity contribution in [1.29, 1.82) is 0 Å². The highest BCUT2D eigenvalue weighted by Gasteiger charge is 2.50. The fourth-order valence-electron chi connectivity index (χ4n) is 10.5. The number of anilines is 1. The first-order valence-electron chi connectivity index (χ1n) is 21.3. The van der Waals surface area contributed by atoms with E-state index >= 15 is 0 Å². The minimum Gasteiger partial charge on any atom is -0.490 e. The molecule has 5 aliphatic rings. The predicted octanol–water partition coefficient (Wildman–Crippen LogP) is 7.09. The number of fused-ring (bicyclic) bond motifs is 4. The Hall–Kier alpha value is -2.67. The van der Waals surface area contributed by atoms with E-state index < -0.39 is 26.8 Å². The molecule has 3 aliphatic heterocycles. The van der Waals surface area contributed by atoms with Gasteiger partial charge >= 0.3 is 0 Å². The Morgan fingerprint density at radius 2 is 1.86 bits per heavy atom. The van der Waals surface area contributed by atoms with Gasteiger partial charge in [-0.15, -0.1) is 0 Å². The third kappa shape index (κ3) is 8.95. The second kappa shape index (κ2) is 17.1. The van der Waals surface area contributed by atoms with E-state index in [1.165, 1.54) is 11.1 Å². The van der Waals surface area contributed by atoms with Gasteiger partial charge in [0.25, 0.3) is 5.91 Å². The summed E-state index contributed by atoms with van der Waals surface area (Å²) in [7, 11) is -2.50. The SMILES string of the molecule is CCO[C@]1(CN2CCN(C(C)(C)C)CC2)/C=C\C[C@H](C)[C@@H](CCOC)S(=O)(=O)NC(=O)c2ccc3c(c2)N(C[C@@H]2CC[C@H]21)C[C@@]1(CCCc2cc(Cl)ccc21)CO3. The maximum Gasteiger partial charge on any atom is 0.264 e. The van der Waals surface area contributed by atoms with Crippen molar-refractivity contribution >= 4 is 33.2 Å². The van der Waals surface area contributed by atoms with Crippen LogP contribution in [0, 0.1) is 17.8 Å². The summed E-state index contributed by atoms with van der Waals surface area (Å²) in [6, 6.07) is 11.7. The summed E-state index contributed by atoms with van der Waals surface area (Å²) in [5.41, 5.74) is 2.97. The van der Waals surface area contributed by atoms with Crippen LogP contribution in [-0.2, 0) is 31.3 Å². The molecule has 0 radical (unpaired) electrons. The molecule has 2 bridgehead atoms. The van der Waals surface area contributed by atoms with Gasteiger partial charge in [-0.2, -0.15) is 0 Å². The van der Waals surface area contributed by atoms with Crippen molar-refractivity contribution in [3.63, 3.8) is 0 Å². The molecule has 10 nitrogen and oxygen atoms in total. The molecule has 7 rings (SSSR count). The van der Waals surface area contributed by atoms with Crippen molar-refractivity contribution < 1.29 is 27.4 Å². The van der Waals surface area contributed by atoms with Crippen LogP contribution in [-0.4, -0.2) is 113 Å². The molecule has 2 aliphatic carbocycles. The molecule has 57 heavy (non-hydrogen) atoms. The number of sulfonamides is 1. The van der Waals surface area contributed by atoms with Gasteiger partial charge in [0.2, 0.25) is 10.0 Å².